The van der Waals surface area contributed by atoms with Gasteiger partial charge < -0.3 is 14.6 Å². The molecule has 5 nitrogen and oxygen atoms in total. The van der Waals surface area contributed by atoms with Crippen molar-refractivity contribution in [1.29, 1.82) is 0 Å². The van der Waals surface area contributed by atoms with E-state index in [1.165, 1.54) is 18.2 Å². The molecule has 8 heteroatoms. The molecule has 2 heterocycles. The molecule has 0 aliphatic carbocycles. The zero-order valence-corrected chi connectivity index (χ0v) is 15.6. The van der Waals surface area contributed by atoms with Crippen LogP contribution in [0.2, 0.25) is 0 Å². The summed E-state index contributed by atoms with van der Waals surface area (Å²) in [6.45, 7) is 0.586. The van der Waals surface area contributed by atoms with Gasteiger partial charge in [-0.3, -0.25) is 4.79 Å². The Morgan fingerprint density at radius 3 is 2.72 bits per heavy atom. The van der Waals surface area contributed by atoms with E-state index in [1.54, 1.807) is 4.90 Å². The number of amides is 1. The highest BCUT2D eigenvalue weighted by Crippen LogP contribution is 2.36. The molecule has 152 valence electrons. The van der Waals surface area contributed by atoms with Gasteiger partial charge in [-0.1, -0.05) is 24.3 Å². The van der Waals surface area contributed by atoms with Gasteiger partial charge in [-0.15, -0.1) is 0 Å². The van der Waals surface area contributed by atoms with Gasteiger partial charge in [0.05, 0.1) is 16.6 Å². The van der Waals surface area contributed by atoms with E-state index in [4.69, 9.17) is 4.74 Å². The van der Waals surface area contributed by atoms with Gasteiger partial charge in [-0.25, -0.2) is 4.98 Å². The van der Waals surface area contributed by atoms with Crippen LogP contribution in [0.4, 0.5) is 13.2 Å². The minimum atomic E-state index is -4.53. The van der Waals surface area contributed by atoms with Crippen LogP contribution in [0.1, 0.15) is 30.1 Å². The van der Waals surface area contributed by atoms with Gasteiger partial charge in [0.1, 0.15) is 11.6 Å². The lowest BCUT2D eigenvalue weighted by molar-refractivity contribution is -0.141. The number of alkyl halides is 3. The standard InChI is InChI=1S/C21H20F3N3O2/c22-21(23,24)15-7-1-4-10-18(15)29-13-19(28)27-11-5-6-14(12-27)20-25-16-8-2-3-9-17(16)26-20/h1-4,7-10,14H,5-6,11-13H2,(H,25,26). The van der Waals surface area contributed by atoms with Crippen LogP contribution in [0.25, 0.3) is 11.0 Å². The quantitative estimate of drug-likeness (QED) is 0.704. The average molecular weight is 403 g/mol. The summed E-state index contributed by atoms with van der Waals surface area (Å²) >= 11 is 0. The maximum Gasteiger partial charge on any atom is 0.419 e. The molecular formula is C21H20F3N3O2. The van der Waals surface area contributed by atoms with Gasteiger partial charge in [0.15, 0.2) is 6.61 Å². The van der Waals surface area contributed by atoms with Crippen molar-refractivity contribution in [2.24, 2.45) is 0 Å². The molecule has 1 N–H and O–H groups in total. The molecule has 1 unspecified atom stereocenters. The summed E-state index contributed by atoms with van der Waals surface area (Å²) in [4.78, 5) is 22.1. The van der Waals surface area contributed by atoms with Crippen LogP contribution < -0.4 is 4.74 Å². The highest BCUT2D eigenvalue weighted by molar-refractivity contribution is 5.78. The fourth-order valence-corrected chi connectivity index (χ4v) is 3.65. The summed E-state index contributed by atoms with van der Waals surface area (Å²) in [7, 11) is 0. The molecule has 1 atom stereocenters. The SMILES string of the molecule is O=C(COc1ccccc1C(F)(F)F)N1CCCC(c2nc3ccccc3[nH]2)C1. The molecule has 1 aliphatic heterocycles. The van der Waals surface area contributed by atoms with Crippen molar-refractivity contribution in [1.82, 2.24) is 14.9 Å². The minimum Gasteiger partial charge on any atom is -0.483 e. The molecule has 0 bridgehead atoms. The van der Waals surface area contributed by atoms with Crippen LogP contribution in [-0.2, 0) is 11.0 Å². The summed E-state index contributed by atoms with van der Waals surface area (Å²) in [6, 6.07) is 12.6. The summed E-state index contributed by atoms with van der Waals surface area (Å²) in [5, 5.41) is 0. The first-order valence-electron chi connectivity index (χ1n) is 9.43. The highest BCUT2D eigenvalue weighted by Gasteiger charge is 2.34. The van der Waals surface area contributed by atoms with Crippen molar-refractivity contribution in [2.45, 2.75) is 24.9 Å². The predicted octanol–water partition coefficient (Wildman–Crippen LogP) is 4.37. The van der Waals surface area contributed by atoms with Crippen LogP contribution in [0.15, 0.2) is 48.5 Å². The Morgan fingerprint density at radius 1 is 1.17 bits per heavy atom. The first-order chi connectivity index (χ1) is 13.9. The number of aromatic amines is 1. The fourth-order valence-electron chi connectivity index (χ4n) is 3.65. The Labute approximate surface area is 165 Å². The highest BCUT2D eigenvalue weighted by atomic mass is 19.4. The molecule has 0 saturated carbocycles. The van der Waals surface area contributed by atoms with Crippen molar-refractivity contribution in [2.75, 3.05) is 19.7 Å². The van der Waals surface area contributed by atoms with E-state index in [1.807, 2.05) is 24.3 Å². The lowest BCUT2D eigenvalue weighted by atomic mass is 9.97. The van der Waals surface area contributed by atoms with Gasteiger partial charge in [0.2, 0.25) is 0 Å². The zero-order chi connectivity index (χ0) is 20.4. The molecule has 3 aromatic rings. The second-order valence-electron chi connectivity index (χ2n) is 7.10. The van der Waals surface area contributed by atoms with Crippen LogP contribution in [0, 0.1) is 0 Å². The number of rotatable bonds is 4. The summed E-state index contributed by atoms with van der Waals surface area (Å²) in [6.07, 6.45) is -2.84. The van der Waals surface area contributed by atoms with E-state index in [9.17, 15) is 18.0 Å². The first-order valence-corrected chi connectivity index (χ1v) is 9.43. The molecule has 1 saturated heterocycles. The van der Waals surface area contributed by atoms with Gasteiger partial charge in [0.25, 0.3) is 5.91 Å². The van der Waals surface area contributed by atoms with Crippen molar-refractivity contribution in [3.63, 3.8) is 0 Å². The minimum absolute atomic E-state index is 0.0579. The molecule has 1 amide bonds. The molecule has 4 rings (SSSR count). The average Bonchev–Trinajstić information content (AvgIpc) is 3.16. The molecule has 2 aromatic carbocycles. The molecule has 1 aliphatic rings. The third-order valence-corrected chi connectivity index (χ3v) is 5.11. The molecule has 1 fully saturated rings. The second-order valence-corrected chi connectivity index (χ2v) is 7.10. The second kappa shape index (κ2) is 7.77. The number of nitrogens with one attached hydrogen (secondary N) is 1. The summed E-state index contributed by atoms with van der Waals surface area (Å²) < 4.78 is 44.4. The topological polar surface area (TPSA) is 58.2 Å². The number of carbonyl (C=O) groups is 1. The molecule has 0 spiro atoms. The number of likely N-dealkylation sites (tertiary alicyclic amines) is 1. The van der Waals surface area contributed by atoms with Crippen LogP contribution >= 0.6 is 0 Å². The predicted molar refractivity (Wildman–Crippen MR) is 102 cm³/mol. The lowest BCUT2D eigenvalue weighted by Gasteiger charge is -2.31. The molecular weight excluding hydrogens is 383 g/mol. The maximum atomic E-state index is 13.1. The third-order valence-electron chi connectivity index (χ3n) is 5.11. The first kappa shape index (κ1) is 19.3. The lowest BCUT2D eigenvalue weighted by Crippen LogP contribution is -2.41. The molecule has 0 radical (unpaired) electrons. The van der Waals surface area contributed by atoms with E-state index < -0.39 is 18.3 Å². The number of piperidine rings is 1. The van der Waals surface area contributed by atoms with Gasteiger partial charge in [0, 0.05) is 19.0 Å². The van der Waals surface area contributed by atoms with Gasteiger partial charge >= 0.3 is 6.18 Å². The number of H-pyrrole nitrogens is 1. The molecule has 29 heavy (non-hydrogen) atoms. The van der Waals surface area contributed by atoms with E-state index in [0.29, 0.717) is 13.1 Å². The van der Waals surface area contributed by atoms with Crippen molar-refractivity contribution in [3.05, 3.63) is 59.9 Å². The monoisotopic (exact) mass is 403 g/mol. The number of carbonyl (C=O) groups excluding carboxylic acids is 1. The largest absolute Gasteiger partial charge is 0.483 e. The summed E-state index contributed by atoms with van der Waals surface area (Å²) in [5.74, 6) is 0.219. The normalized spacial score (nSPS) is 17.5. The van der Waals surface area contributed by atoms with E-state index >= 15 is 0 Å². The number of ether oxygens (including phenoxy) is 1. The number of halogens is 3. The number of benzene rings is 2. The van der Waals surface area contributed by atoms with Crippen molar-refractivity contribution in [3.8, 4) is 5.75 Å². The third kappa shape index (κ3) is 4.21. The number of hydrogen-bond donors (Lipinski definition) is 1. The Balaban J connectivity index is 1.42. The zero-order valence-electron chi connectivity index (χ0n) is 15.6. The van der Waals surface area contributed by atoms with Gasteiger partial charge in [-0.2, -0.15) is 13.2 Å². The van der Waals surface area contributed by atoms with E-state index in [-0.39, 0.29) is 17.6 Å². The Bertz CT molecular complexity index is 983. The molecule has 1 aromatic heterocycles. The number of para-hydroxylation sites is 3. The van der Waals surface area contributed by atoms with Crippen LogP contribution in [-0.4, -0.2) is 40.5 Å². The number of nitrogens with zero attached hydrogens (tertiary/aromatic N) is 2. The van der Waals surface area contributed by atoms with Crippen molar-refractivity contribution >= 4 is 16.9 Å². The van der Waals surface area contributed by atoms with Gasteiger partial charge in [-0.05, 0) is 37.1 Å². The van der Waals surface area contributed by atoms with Crippen LogP contribution in [0.3, 0.4) is 0 Å². The van der Waals surface area contributed by atoms with E-state index in [0.717, 1.165) is 35.8 Å². The Hall–Kier alpha value is -3.03. The fraction of sp³-hybridized carbons (Fsp3) is 0.333. The van der Waals surface area contributed by atoms with Crippen LogP contribution in [0.5, 0.6) is 5.75 Å². The number of hydrogen-bond acceptors (Lipinski definition) is 3. The maximum absolute atomic E-state index is 13.1. The Kier molecular flexibility index (Phi) is 5.17. The number of fused-ring (bicyclic) bond motifs is 1. The summed E-state index contributed by atoms with van der Waals surface area (Å²) in [5.41, 5.74) is 0.933. The van der Waals surface area contributed by atoms with E-state index in [2.05, 4.69) is 9.97 Å². The Morgan fingerprint density at radius 2 is 1.93 bits per heavy atom. The van der Waals surface area contributed by atoms with Crippen molar-refractivity contribution < 1.29 is 22.7 Å². The smallest absolute Gasteiger partial charge is 0.419 e. The number of imidazole rings is 1. The number of aromatic nitrogens is 2.